The average molecular weight is 696 g/mol. The molecular formula is C39H41N3O7S. The lowest BCUT2D eigenvalue weighted by atomic mass is 9.97. The van der Waals surface area contributed by atoms with Crippen LogP contribution in [0.5, 0.6) is 34.5 Å². The molecule has 0 bridgehead atoms. The molecule has 260 valence electrons. The van der Waals surface area contributed by atoms with Gasteiger partial charge in [-0.3, -0.25) is 4.79 Å². The zero-order valence-electron chi connectivity index (χ0n) is 28.9. The zero-order valence-corrected chi connectivity index (χ0v) is 29.7. The summed E-state index contributed by atoms with van der Waals surface area (Å²) in [4.78, 5) is 17.5. The Kier molecular flexibility index (Phi) is 11.0. The lowest BCUT2D eigenvalue weighted by Crippen LogP contribution is -2.24. The van der Waals surface area contributed by atoms with E-state index in [-0.39, 0.29) is 11.9 Å². The molecule has 1 amide bonds. The average Bonchev–Trinajstić information content (AvgIpc) is 3.80. The predicted molar refractivity (Wildman–Crippen MR) is 195 cm³/mol. The van der Waals surface area contributed by atoms with E-state index in [1.807, 2.05) is 60.7 Å². The minimum Gasteiger partial charge on any atom is -0.494 e. The number of thiazole rings is 1. The fourth-order valence-corrected chi connectivity index (χ4v) is 6.93. The number of aromatic nitrogens is 1. The predicted octanol–water partition coefficient (Wildman–Crippen LogP) is 8.32. The minimum absolute atomic E-state index is 0.165. The molecule has 11 heteroatoms. The van der Waals surface area contributed by atoms with Crippen LogP contribution in [-0.4, -0.2) is 63.3 Å². The van der Waals surface area contributed by atoms with Crippen molar-refractivity contribution >= 4 is 33.2 Å². The van der Waals surface area contributed by atoms with Gasteiger partial charge in [0.05, 0.1) is 63.6 Å². The second-order valence-corrected chi connectivity index (χ2v) is 12.8. The molecule has 1 aromatic heterocycles. The second kappa shape index (κ2) is 15.9. The number of benzene rings is 4. The van der Waals surface area contributed by atoms with Crippen LogP contribution in [0.2, 0.25) is 0 Å². The molecule has 4 aromatic carbocycles. The van der Waals surface area contributed by atoms with Crippen molar-refractivity contribution in [3.05, 3.63) is 90.0 Å². The molecule has 1 aliphatic rings. The monoisotopic (exact) mass is 695 g/mol. The van der Waals surface area contributed by atoms with E-state index < -0.39 is 0 Å². The highest BCUT2D eigenvalue weighted by molar-refractivity contribution is 7.21. The zero-order chi connectivity index (χ0) is 35.0. The van der Waals surface area contributed by atoms with Crippen molar-refractivity contribution in [2.75, 3.05) is 41.7 Å². The number of hydrazone groups is 1. The van der Waals surface area contributed by atoms with E-state index in [0.29, 0.717) is 48.4 Å². The second-order valence-electron chi connectivity index (χ2n) is 11.7. The third-order valence-corrected chi connectivity index (χ3v) is 9.58. The molecule has 1 aliphatic heterocycles. The first-order valence-corrected chi connectivity index (χ1v) is 17.3. The van der Waals surface area contributed by atoms with Gasteiger partial charge in [-0.2, -0.15) is 5.10 Å². The molecule has 0 saturated carbocycles. The Labute approximate surface area is 296 Å². The van der Waals surface area contributed by atoms with Crippen LogP contribution in [0.4, 0.5) is 0 Å². The van der Waals surface area contributed by atoms with E-state index in [1.165, 1.54) is 16.6 Å². The van der Waals surface area contributed by atoms with Crippen molar-refractivity contribution in [3.63, 3.8) is 0 Å². The first-order valence-electron chi connectivity index (χ1n) is 16.5. The van der Waals surface area contributed by atoms with E-state index >= 15 is 0 Å². The highest BCUT2D eigenvalue weighted by Gasteiger charge is 2.33. The van der Waals surface area contributed by atoms with Gasteiger partial charge in [0.1, 0.15) is 10.8 Å². The summed E-state index contributed by atoms with van der Waals surface area (Å²) in [6, 6.07) is 25.4. The number of hydrogen-bond acceptors (Lipinski definition) is 10. The van der Waals surface area contributed by atoms with Gasteiger partial charge in [-0.15, -0.1) is 11.3 Å². The van der Waals surface area contributed by atoms with Crippen molar-refractivity contribution in [3.8, 4) is 45.1 Å². The van der Waals surface area contributed by atoms with E-state index in [9.17, 15) is 4.79 Å². The molecule has 0 N–H and O–H groups in total. The molecule has 1 unspecified atom stereocenters. The standard InChI is InChI=1S/C39H41N3O7S/c1-25(43)42-32(24-31(41-42)28-22-35(45-3)38(47-5)36(23-28)46-4)26-16-17-33(44-2)34(21-26)49-19-10-6-9-18-48-29-13-11-12-27(20-29)39-40-30-14-7-8-15-37(30)50-39/h7-8,11-17,20-23,32H,6,9-10,18-19,24H2,1-5H3. The topological polar surface area (TPSA) is 101 Å². The Bertz CT molecular complexity index is 1930. The molecule has 0 saturated heterocycles. The molecule has 2 heterocycles. The van der Waals surface area contributed by atoms with Crippen molar-refractivity contribution < 1.29 is 33.2 Å². The molecule has 0 radical (unpaired) electrons. The SMILES string of the molecule is COc1ccc(C2CC(c3cc(OC)c(OC)c(OC)c3)=NN2C(C)=O)cc1OCCCCCOc1cccc(-c2nc3ccccc3s2)c1. The van der Waals surface area contributed by atoms with Gasteiger partial charge in [0.2, 0.25) is 11.7 Å². The van der Waals surface area contributed by atoms with E-state index in [4.69, 9.17) is 38.5 Å². The molecule has 10 nitrogen and oxygen atoms in total. The highest BCUT2D eigenvalue weighted by Crippen LogP contribution is 2.42. The van der Waals surface area contributed by atoms with Gasteiger partial charge < -0.3 is 28.4 Å². The Morgan fingerprint density at radius 1 is 0.760 bits per heavy atom. The van der Waals surface area contributed by atoms with Crippen LogP contribution < -0.4 is 28.4 Å². The van der Waals surface area contributed by atoms with Gasteiger partial charge in [0.15, 0.2) is 23.0 Å². The van der Waals surface area contributed by atoms with Crippen molar-refractivity contribution in [1.29, 1.82) is 0 Å². The van der Waals surface area contributed by atoms with E-state index in [0.717, 1.165) is 57.9 Å². The maximum atomic E-state index is 12.7. The molecule has 0 spiro atoms. The first-order chi connectivity index (χ1) is 24.4. The van der Waals surface area contributed by atoms with Gasteiger partial charge in [-0.25, -0.2) is 9.99 Å². The smallest absolute Gasteiger partial charge is 0.240 e. The number of carbonyl (C=O) groups is 1. The summed E-state index contributed by atoms with van der Waals surface area (Å²) in [5.41, 5.74) is 4.47. The molecule has 0 fully saturated rings. The van der Waals surface area contributed by atoms with Gasteiger partial charge in [0, 0.05) is 24.5 Å². The Morgan fingerprint density at radius 3 is 2.20 bits per heavy atom. The highest BCUT2D eigenvalue weighted by atomic mass is 32.1. The summed E-state index contributed by atoms with van der Waals surface area (Å²) >= 11 is 1.68. The van der Waals surface area contributed by atoms with Crippen LogP contribution >= 0.6 is 11.3 Å². The summed E-state index contributed by atoms with van der Waals surface area (Å²) in [7, 11) is 6.32. The van der Waals surface area contributed by atoms with Crippen molar-refractivity contribution in [2.45, 2.75) is 38.6 Å². The Balaban J connectivity index is 1.04. The van der Waals surface area contributed by atoms with Gasteiger partial charge in [0.25, 0.3) is 0 Å². The molecule has 0 aliphatic carbocycles. The fourth-order valence-electron chi connectivity index (χ4n) is 5.96. The van der Waals surface area contributed by atoms with Gasteiger partial charge >= 0.3 is 0 Å². The van der Waals surface area contributed by atoms with Gasteiger partial charge in [-0.1, -0.05) is 30.3 Å². The van der Waals surface area contributed by atoms with Crippen LogP contribution in [0.25, 0.3) is 20.8 Å². The fraction of sp³-hybridized carbons (Fsp3) is 0.308. The number of nitrogens with zero attached hydrogens (tertiary/aromatic N) is 3. The van der Waals surface area contributed by atoms with Crippen LogP contribution in [0.15, 0.2) is 84.0 Å². The van der Waals surface area contributed by atoms with E-state index in [2.05, 4.69) is 18.2 Å². The van der Waals surface area contributed by atoms with Crippen molar-refractivity contribution in [2.24, 2.45) is 5.10 Å². The third kappa shape index (κ3) is 7.63. The summed E-state index contributed by atoms with van der Waals surface area (Å²) in [6.45, 7) is 2.64. The number of rotatable bonds is 15. The number of ether oxygens (including phenoxy) is 6. The summed E-state index contributed by atoms with van der Waals surface area (Å²) < 4.78 is 35.6. The lowest BCUT2D eigenvalue weighted by molar-refractivity contribution is -0.130. The summed E-state index contributed by atoms with van der Waals surface area (Å²) in [5, 5.41) is 7.21. The number of para-hydroxylation sites is 1. The number of hydrogen-bond donors (Lipinski definition) is 0. The number of amides is 1. The third-order valence-electron chi connectivity index (χ3n) is 8.49. The first kappa shape index (κ1) is 34.6. The van der Waals surface area contributed by atoms with E-state index in [1.54, 1.807) is 39.8 Å². The molecule has 5 aromatic rings. The number of methoxy groups -OCH3 is 4. The Morgan fingerprint density at radius 2 is 1.50 bits per heavy atom. The van der Waals surface area contributed by atoms with Gasteiger partial charge in [-0.05, 0) is 73.4 Å². The van der Waals surface area contributed by atoms with Crippen LogP contribution in [0.3, 0.4) is 0 Å². The molecule has 50 heavy (non-hydrogen) atoms. The van der Waals surface area contributed by atoms with Crippen LogP contribution in [-0.2, 0) is 4.79 Å². The number of unbranched alkanes of at least 4 members (excludes halogenated alkanes) is 2. The van der Waals surface area contributed by atoms with Crippen molar-refractivity contribution in [1.82, 2.24) is 9.99 Å². The minimum atomic E-state index is -0.319. The number of fused-ring (bicyclic) bond motifs is 1. The lowest BCUT2D eigenvalue weighted by Gasteiger charge is -2.22. The normalized spacial score (nSPS) is 14.0. The molecule has 1 atom stereocenters. The number of carbonyl (C=O) groups excluding carboxylic acids is 1. The summed E-state index contributed by atoms with van der Waals surface area (Å²) in [5.74, 6) is 3.45. The molecular weight excluding hydrogens is 655 g/mol. The maximum absolute atomic E-state index is 12.7. The van der Waals surface area contributed by atoms with Crippen LogP contribution in [0, 0.1) is 0 Å². The van der Waals surface area contributed by atoms with Crippen LogP contribution in [0.1, 0.15) is 49.8 Å². The quantitative estimate of drug-likeness (QED) is 0.101. The summed E-state index contributed by atoms with van der Waals surface area (Å²) in [6.07, 6.45) is 3.17. The molecule has 6 rings (SSSR count). The largest absolute Gasteiger partial charge is 0.494 e. The Hall–Kier alpha value is -5.29. The maximum Gasteiger partial charge on any atom is 0.240 e.